The van der Waals surface area contributed by atoms with E-state index in [1.54, 1.807) is 6.92 Å². The summed E-state index contributed by atoms with van der Waals surface area (Å²) in [6.07, 6.45) is 2.59. The fraction of sp³-hybridized carbons (Fsp3) is 0.400. The zero-order valence-corrected chi connectivity index (χ0v) is 13.6. The molecule has 6 nitrogen and oxygen atoms in total. The molecule has 1 heterocycles. The topological polar surface area (TPSA) is 79.6 Å². The van der Waals surface area contributed by atoms with Crippen LogP contribution in [0.15, 0.2) is 27.8 Å². The average molecular weight is 320 g/mol. The molecule has 1 aliphatic carbocycles. The van der Waals surface area contributed by atoms with Crippen LogP contribution in [0.5, 0.6) is 0 Å². The van der Waals surface area contributed by atoms with Crippen LogP contribution < -0.4 is 5.32 Å². The number of aryl methyl sites for hydroxylation is 1. The standard InChI is InChI=1S/C15H18ClN5O/c1-5-8(2)18-14(17-4)10-6-11(10)15(22)21-13-7-12(16)19-9(3)20-13/h5,7,10-11H,4,6H2,1-3H3,(H,19,20,21,22)/b8-5-,18-14-/t10-,11-/m0/s1. The Morgan fingerprint density at radius 1 is 1.50 bits per heavy atom. The van der Waals surface area contributed by atoms with Crippen molar-refractivity contribution in [3.63, 3.8) is 0 Å². The van der Waals surface area contributed by atoms with Gasteiger partial charge in [0, 0.05) is 23.6 Å². The number of carbonyl (C=O) groups is 1. The van der Waals surface area contributed by atoms with Crippen LogP contribution >= 0.6 is 11.6 Å². The monoisotopic (exact) mass is 319 g/mol. The third-order valence-corrected chi connectivity index (χ3v) is 3.58. The Morgan fingerprint density at radius 2 is 2.23 bits per heavy atom. The summed E-state index contributed by atoms with van der Waals surface area (Å²) < 4.78 is 0. The normalized spacial score (nSPS) is 21.5. The van der Waals surface area contributed by atoms with Gasteiger partial charge in [-0.15, -0.1) is 0 Å². The number of amides is 1. The summed E-state index contributed by atoms with van der Waals surface area (Å²) in [7, 11) is 0. The fourth-order valence-corrected chi connectivity index (χ4v) is 2.29. The number of rotatable bonds is 4. The van der Waals surface area contributed by atoms with Crippen LogP contribution in [0.3, 0.4) is 0 Å². The minimum atomic E-state index is -0.164. The Kier molecular flexibility index (Phi) is 5.03. The number of carbonyl (C=O) groups excluding carboxylic acids is 1. The Labute approximate surface area is 134 Å². The molecule has 1 amide bonds. The van der Waals surface area contributed by atoms with Gasteiger partial charge in [0.2, 0.25) is 5.91 Å². The van der Waals surface area contributed by atoms with Gasteiger partial charge in [0.15, 0.2) is 0 Å². The second-order valence-corrected chi connectivity index (χ2v) is 5.51. The van der Waals surface area contributed by atoms with Gasteiger partial charge in [-0.3, -0.25) is 4.79 Å². The van der Waals surface area contributed by atoms with Crippen molar-refractivity contribution in [2.24, 2.45) is 21.8 Å². The van der Waals surface area contributed by atoms with Gasteiger partial charge in [-0.1, -0.05) is 17.7 Å². The van der Waals surface area contributed by atoms with Gasteiger partial charge in [0.25, 0.3) is 0 Å². The second kappa shape index (κ2) is 6.79. The molecular formula is C15H18ClN5O. The van der Waals surface area contributed by atoms with E-state index in [1.807, 2.05) is 19.9 Å². The van der Waals surface area contributed by atoms with E-state index < -0.39 is 0 Å². The number of aromatic nitrogens is 2. The maximum absolute atomic E-state index is 12.2. The lowest BCUT2D eigenvalue weighted by atomic mass is 10.2. The lowest BCUT2D eigenvalue weighted by molar-refractivity contribution is -0.117. The molecule has 1 aliphatic rings. The first-order chi connectivity index (χ1) is 10.4. The summed E-state index contributed by atoms with van der Waals surface area (Å²) >= 11 is 5.85. The quantitative estimate of drug-likeness (QED) is 0.526. The van der Waals surface area contributed by atoms with E-state index >= 15 is 0 Å². The minimum Gasteiger partial charge on any atom is -0.310 e. The number of nitrogens with one attached hydrogen (secondary N) is 1. The zero-order valence-electron chi connectivity index (χ0n) is 12.8. The van der Waals surface area contributed by atoms with Crippen molar-refractivity contribution in [1.29, 1.82) is 0 Å². The van der Waals surface area contributed by atoms with Crippen molar-refractivity contribution in [1.82, 2.24) is 9.97 Å². The van der Waals surface area contributed by atoms with Crippen LogP contribution in [-0.2, 0) is 4.79 Å². The van der Waals surface area contributed by atoms with Gasteiger partial charge in [-0.2, -0.15) is 0 Å². The highest BCUT2D eigenvalue weighted by atomic mass is 35.5. The smallest absolute Gasteiger partial charge is 0.229 e. The Morgan fingerprint density at radius 3 is 2.82 bits per heavy atom. The minimum absolute atomic E-state index is 0.00538. The van der Waals surface area contributed by atoms with E-state index in [4.69, 9.17) is 11.6 Å². The molecule has 1 aromatic rings. The zero-order chi connectivity index (χ0) is 16.3. The molecule has 2 atom stereocenters. The van der Waals surface area contributed by atoms with Gasteiger partial charge in [-0.05, 0) is 33.9 Å². The molecule has 1 saturated carbocycles. The second-order valence-electron chi connectivity index (χ2n) is 5.12. The number of hydrogen-bond donors (Lipinski definition) is 1. The lowest BCUT2D eigenvalue weighted by Gasteiger charge is -2.05. The van der Waals surface area contributed by atoms with Crippen molar-refractivity contribution in [2.75, 3.05) is 5.32 Å². The molecule has 0 aromatic carbocycles. The van der Waals surface area contributed by atoms with Crippen LogP contribution in [0, 0.1) is 18.8 Å². The highest BCUT2D eigenvalue weighted by Crippen LogP contribution is 2.41. The Balaban J connectivity index is 2.04. The molecule has 0 aliphatic heterocycles. The third kappa shape index (κ3) is 3.98. The van der Waals surface area contributed by atoms with Crippen LogP contribution in [-0.4, -0.2) is 28.4 Å². The van der Waals surface area contributed by atoms with Crippen molar-refractivity contribution >= 4 is 35.9 Å². The van der Waals surface area contributed by atoms with Crippen LogP contribution in [0.25, 0.3) is 0 Å². The number of aliphatic imine (C=N–C) groups is 2. The molecule has 116 valence electrons. The molecule has 1 fully saturated rings. The first-order valence-electron chi connectivity index (χ1n) is 6.95. The summed E-state index contributed by atoms with van der Waals surface area (Å²) in [5, 5.41) is 3.06. The number of anilines is 1. The summed E-state index contributed by atoms with van der Waals surface area (Å²) in [6.45, 7) is 9.03. The largest absolute Gasteiger partial charge is 0.310 e. The number of nitrogens with zero attached hydrogens (tertiary/aromatic N) is 4. The highest BCUT2D eigenvalue weighted by Gasteiger charge is 2.46. The van der Waals surface area contributed by atoms with E-state index in [-0.39, 0.29) is 17.7 Å². The van der Waals surface area contributed by atoms with E-state index in [9.17, 15) is 4.79 Å². The highest BCUT2D eigenvalue weighted by molar-refractivity contribution is 6.29. The SMILES string of the molecule is C=N/C(=N\C(C)=C/C)[C@H]1C[C@@H]1C(=O)Nc1cc(Cl)nc(C)n1. The molecule has 22 heavy (non-hydrogen) atoms. The van der Waals surface area contributed by atoms with Gasteiger partial charge in [-0.25, -0.2) is 20.0 Å². The van der Waals surface area contributed by atoms with E-state index in [0.29, 0.717) is 29.1 Å². The number of amidine groups is 1. The molecule has 2 rings (SSSR count). The predicted molar refractivity (Wildman–Crippen MR) is 88.4 cm³/mol. The summed E-state index contributed by atoms with van der Waals surface area (Å²) in [6, 6.07) is 1.52. The maximum atomic E-state index is 12.2. The first-order valence-corrected chi connectivity index (χ1v) is 7.32. The van der Waals surface area contributed by atoms with Crippen LogP contribution in [0.1, 0.15) is 26.1 Å². The van der Waals surface area contributed by atoms with Crippen molar-refractivity contribution < 1.29 is 4.79 Å². The third-order valence-electron chi connectivity index (χ3n) is 3.39. The maximum Gasteiger partial charge on any atom is 0.229 e. The van der Waals surface area contributed by atoms with Crippen molar-refractivity contribution in [3.8, 4) is 0 Å². The molecule has 0 spiro atoms. The van der Waals surface area contributed by atoms with E-state index in [1.165, 1.54) is 6.07 Å². The van der Waals surface area contributed by atoms with Crippen LogP contribution in [0.2, 0.25) is 5.15 Å². The first kappa shape index (κ1) is 16.3. The molecule has 1 N–H and O–H groups in total. The van der Waals surface area contributed by atoms with E-state index in [2.05, 4.69) is 32.0 Å². The average Bonchev–Trinajstić information content (AvgIpc) is 3.23. The lowest BCUT2D eigenvalue weighted by Crippen LogP contribution is -2.17. The predicted octanol–water partition coefficient (Wildman–Crippen LogP) is 3.04. The molecular weight excluding hydrogens is 302 g/mol. The van der Waals surface area contributed by atoms with Gasteiger partial charge in [0.05, 0.1) is 0 Å². The van der Waals surface area contributed by atoms with Gasteiger partial charge in [0.1, 0.15) is 22.6 Å². The Bertz CT molecular complexity index is 648. The molecule has 0 unspecified atom stereocenters. The Hall–Kier alpha value is -2.08. The summed E-state index contributed by atoms with van der Waals surface area (Å²) in [5.41, 5.74) is 0.853. The van der Waals surface area contributed by atoms with Gasteiger partial charge >= 0.3 is 0 Å². The molecule has 0 bridgehead atoms. The number of allylic oxidation sites excluding steroid dienone is 2. The van der Waals surface area contributed by atoms with Gasteiger partial charge < -0.3 is 5.32 Å². The van der Waals surface area contributed by atoms with Crippen molar-refractivity contribution in [3.05, 3.63) is 28.8 Å². The van der Waals surface area contributed by atoms with Crippen LogP contribution in [0.4, 0.5) is 5.82 Å². The molecule has 0 radical (unpaired) electrons. The molecule has 0 saturated heterocycles. The molecule has 7 heteroatoms. The summed E-state index contributed by atoms with van der Waals surface area (Å²) in [5.74, 6) is 1.24. The molecule has 1 aromatic heterocycles. The fourth-order valence-electron chi connectivity index (χ4n) is 2.07. The number of halogens is 1. The number of hydrogen-bond acceptors (Lipinski definition) is 4. The van der Waals surface area contributed by atoms with Crippen molar-refractivity contribution in [2.45, 2.75) is 27.2 Å². The summed E-state index contributed by atoms with van der Waals surface area (Å²) in [4.78, 5) is 28.6. The van der Waals surface area contributed by atoms with E-state index in [0.717, 1.165) is 5.70 Å².